The smallest absolute Gasteiger partial charge is 0.211 e. The van der Waals surface area contributed by atoms with E-state index in [4.69, 9.17) is 0 Å². The summed E-state index contributed by atoms with van der Waals surface area (Å²) in [4.78, 5) is 5.94. The predicted molar refractivity (Wildman–Crippen MR) is 126 cm³/mol. The lowest BCUT2D eigenvalue weighted by atomic mass is 9.96. The first-order valence-corrected chi connectivity index (χ1v) is 13.5. The zero-order valence-electron chi connectivity index (χ0n) is 19.1. The van der Waals surface area contributed by atoms with E-state index in [0.717, 1.165) is 57.1 Å². The third-order valence-electron chi connectivity index (χ3n) is 7.01. The van der Waals surface area contributed by atoms with Crippen LogP contribution >= 0.6 is 0 Å². The van der Waals surface area contributed by atoms with E-state index >= 15 is 0 Å². The minimum Gasteiger partial charge on any atom is -0.390 e. The molecule has 7 heteroatoms. The quantitative estimate of drug-likeness (QED) is 0.651. The van der Waals surface area contributed by atoms with E-state index in [1.54, 1.807) is 4.31 Å². The van der Waals surface area contributed by atoms with E-state index in [0.29, 0.717) is 12.6 Å². The second-order valence-electron chi connectivity index (χ2n) is 10.2. The van der Waals surface area contributed by atoms with Gasteiger partial charge in [0, 0.05) is 42.3 Å². The minimum absolute atomic E-state index is 0.118. The molecule has 2 N–H and O–H groups in total. The lowest BCUT2D eigenvalue weighted by Crippen LogP contribution is -2.44. The second-order valence-corrected chi connectivity index (χ2v) is 12.1. The van der Waals surface area contributed by atoms with Gasteiger partial charge in [-0.15, -0.1) is 0 Å². The highest BCUT2D eigenvalue weighted by Gasteiger charge is 2.35. The van der Waals surface area contributed by atoms with Gasteiger partial charge in [0.05, 0.1) is 11.9 Å². The number of likely N-dealkylation sites (tertiary alicyclic amines) is 1. The average molecular weight is 448 g/mol. The van der Waals surface area contributed by atoms with Crippen molar-refractivity contribution in [1.82, 2.24) is 14.2 Å². The van der Waals surface area contributed by atoms with Crippen molar-refractivity contribution < 1.29 is 13.5 Å². The number of aryl methyl sites for hydroxylation is 1. The summed E-state index contributed by atoms with van der Waals surface area (Å²) in [6, 6.07) is 7.14. The molecule has 0 spiro atoms. The van der Waals surface area contributed by atoms with Crippen LogP contribution < -0.4 is 0 Å². The largest absolute Gasteiger partial charge is 0.390 e. The second kappa shape index (κ2) is 8.85. The summed E-state index contributed by atoms with van der Waals surface area (Å²) in [5.41, 5.74) is 3.10. The first kappa shape index (κ1) is 22.8. The van der Waals surface area contributed by atoms with Gasteiger partial charge in [0.2, 0.25) is 10.0 Å². The maximum atomic E-state index is 12.1. The molecule has 2 saturated heterocycles. The standard InChI is InChI=1S/C24H37N3O3S/c1-24(2,28)11-10-18-8-9-23-22(14-18)19(16-25-23)15-20-6-4-12-26(20)17-21-7-5-13-27(21)31(3,29)30/h8-9,14,16,20-21,25,28H,4-7,10-13,15,17H2,1-3H3/t20-,21-/m1/s1. The third kappa shape index (κ3) is 5.51. The molecule has 0 saturated carbocycles. The van der Waals surface area contributed by atoms with E-state index in [-0.39, 0.29) is 6.04 Å². The number of hydrogen-bond donors (Lipinski definition) is 2. The molecule has 1 aromatic carbocycles. The molecule has 2 aromatic rings. The molecule has 1 aromatic heterocycles. The molecule has 0 radical (unpaired) electrons. The van der Waals surface area contributed by atoms with Crippen LogP contribution in [0.1, 0.15) is 57.1 Å². The molecule has 172 valence electrons. The van der Waals surface area contributed by atoms with Crippen LogP contribution in [0.25, 0.3) is 10.9 Å². The van der Waals surface area contributed by atoms with E-state index in [1.165, 1.54) is 29.2 Å². The maximum absolute atomic E-state index is 12.1. The molecule has 3 heterocycles. The summed E-state index contributed by atoms with van der Waals surface area (Å²) < 4.78 is 26.0. The number of benzene rings is 1. The summed E-state index contributed by atoms with van der Waals surface area (Å²) in [6.07, 6.45) is 10.3. The SMILES string of the molecule is CC(C)(O)CCc1ccc2[nH]cc(C[C@H]3CCCN3C[C@H]3CCCN3S(C)(=O)=O)c2c1. The number of fused-ring (bicyclic) bond motifs is 1. The first-order chi connectivity index (χ1) is 14.6. The normalized spacial score (nSPS) is 23.9. The summed E-state index contributed by atoms with van der Waals surface area (Å²) >= 11 is 0. The van der Waals surface area contributed by atoms with Crippen LogP contribution in [-0.2, 0) is 22.9 Å². The van der Waals surface area contributed by atoms with E-state index in [9.17, 15) is 13.5 Å². The van der Waals surface area contributed by atoms with E-state index in [1.807, 2.05) is 13.8 Å². The van der Waals surface area contributed by atoms with Crippen molar-refractivity contribution in [2.24, 2.45) is 0 Å². The van der Waals surface area contributed by atoms with Gasteiger partial charge >= 0.3 is 0 Å². The number of sulfonamides is 1. The minimum atomic E-state index is -3.13. The number of aromatic nitrogens is 1. The number of rotatable bonds is 8. The summed E-state index contributed by atoms with van der Waals surface area (Å²) in [6.45, 7) is 6.28. The van der Waals surface area contributed by atoms with Crippen molar-refractivity contribution in [3.63, 3.8) is 0 Å². The summed E-state index contributed by atoms with van der Waals surface area (Å²) in [5.74, 6) is 0. The number of hydrogen-bond acceptors (Lipinski definition) is 4. The van der Waals surface area contributed by atoms with Crippen LogP contribution in [0.3, 0.4) is 0 Å². The maximum Gasteiger partial charge on any atom is 0.211 e. The predicted octanol–water partition coefficient (Wildman–Crippen LogP) is 3.30. The lowest BCUT2D eigenvalue weighted by Gasteiger charge is -2.30. The average Bonchev–Trinajstić information content (AvgIpc) is 3.41. The Morgan fingerprint density at radius 3 is 2.65 bits per heavy atom. The number of H-pyrrole nitrogens is 1. The highest BCUT2D eigenvalue weighted by Crippen LogP contribution is 2.29. The Morgan fingerprint density at radius 1 is 1.16 bits per heavy atom. The Hall–Kier alpha value is -1.41. The van der Waals surface area contributed by atoms with Crippen molar-refractivity contribution in [2.75, 3.05) is 25.9 Å². The van der Waals surface area contributed by atoms with Crippen molar-refractivity contribution in [3.05, 3.63) is 35.5 Å². The fraction of sp³-hybridized carbons (Fsp3) is 0.667. The van der Waals surface area contributed by atoms with Crippen LogP contribution in [0.15, 0.2) is 24.4 Å². The molecule has 4 rings (SSSR count). The van der Waals surface area contributed by atoms with Gasteiger partial charge in [-0.25, -0.2) is 8.42 Å². The molecule has 2 aliphatic rings. The molecule has 2 aliphatic heterocycles. The fourth-order valence-electron chi connectivity index (χ4n) is 5.32. The topological polar surface area (TPSA) is 76.6 Å². The Labute approximate surface area is 186 Å². The number of aliphatic hydroxyl groups is 1. The number of aromatic amines is 1. The summed E-state index contributed by atoms with van der Waals surface area (Å²) in [7, 11) is -3.13. The van der Waals surface area contributed by atoms with Crippen LogP contribution in [0, 0.1) is 0 Å². The van der Waals surface area contributed by atoms with Gasteiger partial charge in [0.1, 0.15) is 0 Å². The van der Waals surface area contributed by atoms with E-state index in [2.05, 4.69) is 34.3 Å². The van der Waals surface area contributed by atoms with Crippen LogP contribution in [0.5, 0.6) is 0 Å². The monoisotopic (exact) mass is 447 g/mol. The Bertz CT molecular complexity index is 1010. The van der Waals surface area contributed by atoms with Crippen LogP contribution in [0.4, 0.5) is 0 Å². The van der Waals surface area contributed by atoms with Crippen LogP contribution in [0.2, 0.25) is 0 Å². The van der Waals surface area contributed by atoms with E-state index < -0.39 is 15.6 Å². The molecule has 0 amide bonds. The zero-order valence-corrected chi connectivity index (χ0v) is 19.9. The number of nitrogens with one attached hydrogen (secondary N) is 1. The highest BCUT2D eigenvalue weighted by atomic mass is 32.2. The molecule has 0 aliphatic carbocycles. The molecule has 2 atom stereocenters. The van der Waals surface area contributed by atoms with Crippen molar-refractivity contribution in [3.8, 4) is 0 Å². The van der Waals surface area contributed by atoms with Gasteiger partial charge in [-0.05, 0) is 88.6 Å². The zero-order chi connectivity index (χ0) is 22.2. The van der Waals surface area contributed by atoms with Gasteiger partial charge in [-0.1, -0.05) is 6.07 Å². The third-order valence-corrected chi connectivity index (χ3v) is 8.34. The van der Waals surface area contributed by atoms with Gasteiger partial charge in [-0.3, -0.25) is 4.90 Å². The molecule has 6 nitrogen and oxygen atoms in total. The van der Waals surface area contributed by atoms with Crippen LogP contribution in [-0.4, -0.2) is 71.3 Å². The van der Waals surface area contributed by atoms with Crippen molar-refractivity contribution in [2.45, 2.75) is 76.5 Å². The fourth-order valence-corrected chi connectivity index (χ4v) is 6.49. The Kier molecular flexibility index (Phi) is 6.50. The van der Waals surface area contributed by atoms with Gasteiger partial charge in [-0.2, -0.15) is 4.31 Å². The van der Waals surface area contributed by atoms with Gasteiger partial charge < -0.3 is 10.1 Å². The molecular weight excluding hydrogens is 410 g/mol. The molecule has 2 fully saturated rings. The lowest BCUT2D eigenvalue weighted by molar-refractivity contribution is 0.0714. The number of nitrogens with zero attached hydrogens (tertiary/aromatic N) is 2. The Balaban J connectivity index is 1.46. The molecule has 0 bridgehead atoms. The molecule has 31 heavy (non-hydrogen) atoms. The van der Waals surface area contributed by atoms with Crippen molar-refractivity contribution >= 4 is 20.9 Å². The Morgan fingerprint density at radius 2 is 1.90 bits per heavy atom. The molecular formula is C24H37N3O3S. The van der Waals surface area contributed by atoms with Gasteiger partial charge in [0.25, 0.3) is 0 Å². The summed E-state index contributed by atoms with van der Waals surface area (Å²) in [5, 5.41) is 11.3. The molecule has 0 unspecified atom stereocenters. The first-order valence-electron chi connectivity index (χ1n) is 11.6. The van der Waals surface area contributed by atoms with Gasteiger partial charge in [0.15, 0.2) is 0 Å². The highest BCUT2D eigenvalue weighted by molar-refractivity contribution is 7.88. The van der Waals surface area contributed by atoms with Crippen molar-refractivity contribution in [1.29, 1.82) is 0 Å².